The van der Waals surface area contributed by atoms with Gasteiger partial charge in [0.25, 0.3) is 0 Å². The monoisotopic (exact) mass is 379 g/mol. The smallest absolute Gasteiger partial charge is 0.0588 e. The van der Waals surface area contributed by atoms with E-state index in [0.717, 1.165) is 16.6 Å². The van der Waals surface area contributed by atoms with Crippen LogP contribution in [0.3, 0.4) is 0 Å². The van der Waals surface area contributed by atoms with Crippen molar-refractivity contribution in [2.75, 3.05) is 5.75 Å². The van der Waals surface area contributed by atoms with Gasteiger partial charge in [0.1, 0.15) is 0 Å². The molecule has 1 aromatic heterocycles. The highest BCUT2D eigenvalue weighted by atomic mass is 79.9. The van der Waals surface area contributed by atoms with Gasteiger partial charge in [0.2, 0.25) is 0 Å². The zero-order valence-electron chi connectivity index (χ0n) is 13.3. The third kappa shape index (κ3) is 4.75. The van der Waals surface area contributed by atoms with Gasteiger partial charge in [0.15, 0.2) is 0 Å². The van der Waals surface area contributed by atoms with Crippen molar-refractivity contribution >= 4 is 26.7 Å². The van der Waals surface area contributed by atoms with E-state index in [0.29, 0.717) is 5.75 Å². The molecular formula is C18H22BrNOS. The third-order valence-electron chi connectivity index (χ3n) is 3.53. The highest BCUT2D eigenvalue weighted by Crippen LogP contribution is 2.28. The molecule has 1 aromatic carbocycles. The Bertz CT molecular complexity index is 637. The van der Waals surface area contributed by atoms with Gasteiger partial charge in [0, 0.05) is 37.9 Å². The highest BCUT2D eigenvalue weighted by Gasteiger charge is 2.26. The average molecular weight is 380 g/mol. The zero-order chi connectivity index (χ0) is 16.2. The molecule has 0 amide bonds. The van der Waals surface area contributed by atoms with Gasteiger partial charge in [-0.1, -0.05) is 30.3 Å². The lowest BCUT2D eigenvalue weighted by Crippen LogP contribution is -2.28. The van der Waals surface area contributed by atoms with Crippen LogP contribution in [0.2, 0.25) is 0 Å². The van der Waals surface area contributed by atoms with Gasteiger partial charge < -0.3 is 0 Å². The summed E-state index contributed by atoms with van der Waals surface area (Å²) in [5, 5.41) is 0. The van der Waals surface area contributed by atoms with Crippen molar-refractivity contribution in [1.29, 1.82) is 0 Å². The van der Waals surface area contributed by atoms with Gasteiger partial charge in [0.05, 0.1) is 5.69 Å². The number of halogens is 1. The second kappa shape index (κ2) is 7.51. The Balaban J connectivity index is 2.29. The number of hydrogen-bond donors (Lipinski definition) is 0. The third-order valence-corrected chi connectivity index (χ3v) is 6.28. The summed E-state index contributed by atoms with van der Waals surface area (Å²) in [5.74, 6) is 0.756. The molecule has 0 aliphatic heterocycles. The summed E-state index contributed by atoms with van der Waals surface area (Å²) in [6, 6.07) is 14.2. The van der Waals surface area contributed by atoms with Crippen molar-refractivity contribution in [2.24, 2.45) is 0 Å². The first-order chi connectivity index (χ1) is 10.4. The van der Waals surface area contributed by atoms with Crippen LogP contribution in [0.25, 0.3) is 0 Å². The first-order valence-electron chi connectivity index (χ1n) is 7.41. The zero-order valence-corrected chi connectivity index (χ0v) is 15.7. The molecule has 0 saturated carbocycles. The molecule has 0 bridgehead atoms. The first kappa shape index (κ1) is 17.4. The molecule has 4 heteroatoms. The fraction of sp³-hybridized carbons (Fsp3) is 0.389. The molecule has 1 heterocycles. The van der Waals surface area contributed by atoms with E-state index >= 15 is 0 Å². The molecule has 0 radical (unpaired) electrons. The Kier molecular flexibility index (Phi) is 5.93. The molecule has 22 heavy (non-hydrogen) atoms. The van der Waals surface area contributed by atoms with Crippen LogP contribution in [0, 0.1) is 0 Å². The summed E-state index contributed by atoms with van der Waals surface area (Å²) in [5.41, 5.74) is 2.24. The van der Waals surface area contributed by atoms with E-state index in [1.807, 2.05) is 51.1 Å². The molecule has 0 saturated heterocycles. The Morgan fingerprint density at radius 3 is 2.41 bits per heavy atom. The predicted octanol–water partition coefficient (Wildman–Crippen LogP) is 4.72. The molecule has 118 valence electrons. The first-order valence-corrected chi connectivity index (χ1v) is 9.52. The predicted molar refractivity (Wildman–Crippen MR) is 97.6 cm³/mol. The minimum atomic E-state index is -0.911. The standard InChI is InChI=1S/C18H22BrNOS/c1-18(2,3)22(21)13-15(12-14-8-5-4-6-9-14)17-16(19)10-7-11-20-17/h4-11,15H,12-13H2,1-3H3/t15?,22-/m0/s1. The molecule has 2 rings (SSSR count). The molecule has 2 atom stereocenters. The van der Waals surface area contributed by atoms with Crippen LogP contribution in [-0.2, 0) is 17.2 Å². The Hall–Kier alpha value is -1.000. The van der Waals surface area contributed by atoms with E-state index in [9.17, 15) is 4.21 Å². The maximum atomic E-state index is 12.6. The van der Waals surface area contributed by atoms with Crippen molar-refractivity contribution in [2.45, 2.75) is 37.9 Å². The van der Waals surface area contributed by atoms with Crippen LogP contribution >= 0.6 is 15.9 Å². The van der Waals surface area contributed by atoms with E-state index in [1.165, 1.54) is 5.56 Å². The number of hydrogen-bond acceptors (Lipinski definition) is 2. The maximum Gasteiger partial charge on any atom is 0.0588 e. The van der Waals surface area contributed by atoms with Crippen molar-refractivity contribution in [3.8, 4) is 0 Å². The Labute approximate surface area is 144 Å². The summed E-state index contributed by atoms with van der Waals surface area (Å²) in [6.45, 7) is 6.07. The van der Waals surface area contributed by atoms with Gasteiger partial charge in [-0.25, -0.2) is 0 Å². The Morgan fingerprint density at radius 1 is 1.14 bits per heavy atom. The van der Waals surface area contributed by atoms with Gasteiger partial charge >= 0.3 is 0 Å². The van der Waals surface area contributed by atoms with Crippen molar-refractivity contribution < 1.29 is 4.21 Å². The summed E-state index contributed by atoms with van der Waals surface area (Å²) in [6.07, 6.45) is 2.65. The molecule has 0 spiro atoms. The van der Waals surface area contributed by atoms with Crippen LogP contribution in [0.4, 0.5) is 0 Å². The number of nitrogens with zero attached hydrogens (tertiary/aromatic N) is 1. The number of rotatable bonds is 5. The normalized spacial score (nSPS) is 14.5. The largest absolute Gasteiger partial charge is 0.260 e. The number of pyridine rings is 1. The van der Waals surface area contributed by atoms with Crippen LogP contribution in [0.15, 0.2) is 53.1 Å². The Morgan fingerprint density at radius 2 is 1.82 bits per heavy atom. The lowest BCUT2D eigenvalue weighted by atomic mass is 9.97. The van der Waals surface area contributed by atoms with Gasteiger partial charge in [-0.05, 0) is 60.8 Å². The van der Waals surface area contributed by atoms with Crippen LogP contribution in [-0.4, -0.2) is 19.7 Å². The van der Waals surface area contributed by atoms with E-state index in [2.05, 4.69) is 33.0 Å². The molecule has 2 nitrogen and oxygen atoms in total. The van der Waals surface area contributed by atoms with E-state index < -0.39 is 10.8 Å². The lowest BCUT2D eigenvalue weighted by Gasteiger charge is -2.23. The summed E-state index contributed by atoms with van der Waals surface area (Å²) in [7, 11) is -0.911. The van der Waals surface area contributed by atoms with Crippen LogP contribution in [0.5, 0.6) is 0 Å². The van der Waals surface area contributed by atoms with Gasteiger partial charge in [-0.3, -0.25) is 9.19 Å². The number of aromatic nitrogens is 1. The van der Waals surface area contributed by atoms with Crippen molar-refractivity contribution in [1.82, 2.24) is 4.98 Å². The van der Waals surface area contributed by atoms with Crippen molar-refractivity contribution in [3.05, 3.63) is 64.4 Å². The minimum Gasteiger partial charge on any atom is -0.260 e. The average Bonchev–Trinajstić information content (AvgIpc) is 2.47. The molecular weight excluding hydrogens is 358 g/mol. The van der Waals surface area contributed by atoms with E-state index in [-0.39, 0.29) is 10.7 Å². The van der Waals surface area contributed by atoms with E-state index in [4.69, 9.17) is 0 Å². The maximum absolute atomic E-state index is 12.6. The molecule has 0 aliphatic carbocycles. The highest BCUT2D eigenvalue weighted by molar-refractivity contribution is 9.10. The minimum absolute atomic E-state index is 0.137. The molecule has 2 aromatic rings. The molecule has 0 aliphatic rings. The van der Waals surface area contributed by atoms with Crippen LogP contribution < -0.4 is 0 Å². The molecule has 0 N–H and O–H groups in total. The summed E-state index contributed by atoms with van der Waals surface area (Å²) in [4.78, 5) is 4.53. The summed E-state index contributed by atoms with van der Waals surface area (Å²) >= 11 is 3.59. The second-order valence-corrected chi connectivity index (χ2v) is 9.49. The summed E-state index contributed by atoms with van der Waals surface area (Å²) < 4.78 is 13.4. The fourth-order valence-electron chi connectivity index (χ4n) is 2.26. The van der Waals surface area contributed by atoms with Gasteiger partial charge in [-0.15, -0.1) is 0 Å². The van der Waals surface area contributed by atoms with Gasteiger partial charge in [-0.2, -0.15) is 0 Å². The van der Waals surface area contributed by atoms with Crippen molar-refractivity contribution in [3.63, 3.8) is 0 Å². The quantitative estimate of drug-likeness (QED) is 0.752. The van der Waals surface area contributed by atoms with Crippen LogP contribution in [0.1, 0.15) is 37.9 Å². The van der Waals surface area contributed by atoms with E-state index in [1.54, 1.807) is 6.20 Å². The molecule has 0 fully saturated rings. The SMILES string of the molecule is CC(C)(C)[S@@](=O)CC(Cc1ccccc1)c1ncccc1Br. The molecule has 1 unspecified atom stereocenters. The lowest BCUT2D eigenvalue weighted by molar-refractivity contribution is 0.633. The number of benzene rings is 1. The second-order valence-electron chi connectivity index (χ2n) is 6.38. The fourth-order valence-corrected chi connectivity index (χ4v) is 3.98. The topological polar surface area (TPSA) is 30.0 Å².